The molecule has 3 amide bonds. The second-order valence-corrected chi connectivity index (χ2v) is 15.7. The third-order valence-corrected chi connectivity index (χ3v) is 10.2. The second kappa shape index (κ2) is 17.1. The van der Waals surface area contributed by atoms with Crippen LogP contribution < -0.4 is 31.3 Å². The van der Waals surface area contributed by atoms with Gasteiger partial charge in [0.25, 0.3) is 11.8 Å². The van der Waals surface area contributed by atoms with Gasteiger partial charge >= 0.3 is 0 Å². The Bertz CT molecular complexity index is 1910. The zero-order chi connectivity index (χ0) is 38.2. The van der Waals surface area contributed by atoms with Crippen molar-refractivity contribution in [2.45, 2.75) is 70.2 Å². The van der Waals surface area contributed by atoms with Crippen molar-refractivity contribution in [3.05, 3.63) is 125 Å². The van der Waals surface area contributed by atoms with Crippen LogP contribution in [0.5, 0.6) is 0 Å². The topological polar surface area (TPSA) is 163 Å². The Balaban J connectivity index is 1.53. The largest absolute Gasteiger partial charge is 0.348 e. The van der Waals surface area contributed by atoms with Crippen LogP contribution in [-0.4, -0.2) is 69.7 Å². The molecule has 0 radical (unpaired) electrons. The smallest absolute Gasteiger partial charge is 0.251 e. The van der Waals surface area contributed by atoms with Crippen molar-refractivity contribution >= 4 is 33.4 Å². The number of hydrogen-bond acceptors (Lipinski definition) is 7. The molecule has 0 aliphatic heterocycles. The maximum atomic E-state index is 13.9. The lowest BCUT2D eigenvalue weighted by atomic mass is 9.89. The van der Waals surface area contributed by atoms with E-state index in [4.69, 9.17) is 5.73 Å². The van der Waals surface area contributed by atoms with Crippen molar-refractivity contribution in [1.82, 2.24) is 21.3 Å². The Kier molecular flexibility index (Phi) is 13.1. The first kappa shape index (κ1) is 39.9. The summed E-state index contributed by atoms with van der Waals surface area (Å²) < 4.78 is 39.4. The quantitative estimate of drug-likeness (QED) is 0.157. The number of benzene rings is 3. The van der Waals surface area contributed by atoms with Gasteiger partial charge in [-0.1, -0.05) is 60.7 Å². The van der Waals surface area contributed by atoms with Gasteiger partial charge in [-0.05, 0) is 87.6 Å². The summed E-state index contributed by atoms with van der Waals surface area (Å²) in [6.07, 6.45) is 8.00. The van der Waals surface area contributed by atoms with Crippen LogP contribution in [0.1, 0.15) is 72.0 Å². The highest BCUT2D eigenvalue weighted by Crippen LogP contribution is 2.23. The lowest BCUT2D eigenvalue weighted by molar-refractivity contribution is -0.123. The van der Waals surface area contributed by atoms with Crippen LogP contribution in [-0.2, 0) is 21.2 Å². The minimum absolute atomic E-state index is 0.0586. The molecule has 6 N–H and O–H groups in total. The predicted octanol–water partition coefficient (Wildman–Crippen LogP) is 4.14. The van der Waals surface area contributed by atoms with E-state index >= 15 is 0 Å². The number of carbonyl (C=O) groups excluding carboxylic acids is 3. The zero-order valence-corrected chi connectivity index (χ0v) is 31.3. The molecule has 13 heteroatoms. The number of carbonyl (C=O) groups is 3. The Morgan fingerprint density at radius 1 is 0.904 bits per heavy atom. The molecular weight excluding hydrogens is 684 g/mol. The van der Waals surface area contributed by atoms with Gasteiger partial charge < -0.3 is 27.0 Å². The lowest BCUT2D eigenvalue weighted by Gasteiger charge is -2.27. The summed E-state index contributed by atoms with van der Waals surface area (Å²) in [4.78, 5) is 40.5. The average Bonchev–Trinajstić information content (AvgIpc) is 3.10. The van der Waals surface area contributed by atoms with Crippen LogP contribution in [0.15, 0.2) is 96.6 Å². The van der Waals surface area contributed by atoms with E-state index in [0.717, 1.165) is 21.7 Å². The molecule has 0 fully saturated rings. The molecule has 0 heterocycles. The van der Waals surface area contributed by atoms with E-state index in [0.29, 0.717) is 18.4 Å². The van der Waals surface area contributed by atoms with Crippen molar-refractivity contribution in [3.63, 3.8) is 0 Å². The van der Waals surface area contributed by atoms with Gasteiger partial charge in [0.15, 0.2) is 0 Å². The number of rotatable bonds is 15. The molecule has 4 rings (SSSR count). The fourth-order valence-electron chi connectivity index (χ4n) is 5.62. The molecule has 0 aromatic heterocycles. The molecule has 1 unspecified atom stereocenters. The van der Waals surface area contributed by atoms with Gasteiger partial charge in [-0.3, -0.25) is 18.7 Å². The number of nitrogens with two attached hydrogens (primary N) is 1. The summed E-state index contributed by atoms with van der Waals surface area (Å²) in [6, 6.07) is 17.6. The maximum Gasteiger partial charge on any atom is 0.251 e. The normalized spacial score (nSPS) is 18.0. The van der Waals surface area contributed by atoms with E-state index in [9.17, 15) is 27.2 Å². The number of sulfonamides is 1. The van der Waals surface area contributed by atoms with Crippen molar-refractivity contribution in [1.29, 1.82) is 0 Å². The van der Waals surface area contributed by atoms with Crippen LogP contribution in [0.2, 0.25) is 0 Å². The molecular formula is C39H49FN6O5S. The van der Waals surface area contributed by atoms with Gasteiger partial charge in [-0.15, -0.1) is 0 Å². The molecule has 278 valence electrons. The standard InChI is InChI=1S/C39H49FN6O5S/c1-25(29-12-14-33(40)15-13-29)44-37(48)31-21-32(23-35(22-31)46(5)52(6,50)51)38(49)45-34(20-28-10-8-7-9-11-28)24-42-27(3)36(47)43-26(2)30-16-18-39(4,41)19-17-30/h7-18,21-23,25-27,34,42H,19-20,24,41H2,1-6H3,(H,43,47)(H,44,48)(H,45,49)/t25-,26-,27+,34+,39?/m1/s1. The van der Waals surface area contributed by atoms with Crippen LogP contribution in [0, 0.1) is 5.82 Å². The summed E-state index contributed by atoms with van der Waals surface area (Å²) in [6.45, 7) is 7.55. The second-order valence-electron chi connectivity index (χ2n) is 13.7. The third kappa shape index (κ3) is 11.3. The molecule has 52 heavy (non-hydrogen) atoms. The highest BCUT2D eigenvalue weighted by Gasteiger charge is 2.24. The number of amides is 3. The SMILES string of the molecule is C[C@H](NC[C@H](Cc1ccccc1)NC(=O)c1cc(C(=O)N[C@H](C)c2ccc(F)cc2)cc(N(C)S(C)(=O)=O)c1)C(=O)N[C@H](C)C1=CCC(C)(N)C=C1. The van der Waals surface area contributed by atoms with Crippen LogP contribution in [0.25, 0.3) is 0 Å². The molecule has 0 spiro atoms. The van der Waals surface area contributed by atoms with Gasteiger partial charge in [0.05, 0.1) is 30.1 Å². The predicted molar refractivity (Wildman–Crippen MR) is 203 cm³/mol. The minimum Gasteiger partial charge on any atom is -0.348 e. The summed E-state index contributed by atoms with van der Waals surface area (Å²) in [5.74, 6) is -1.72. The zero-order valence-electron chi connectivity index (χ0n) is 30.4. The van der Waals surface area contributed by atoms with E-state index in [2.05, 4.69) is 21.3 Å². The number of nitrogens with zero attached hydrogens (tertiary/aromatic N) is 1. The first-order valence-corrected chi connectivity index (χ1v) is 19.0. The Morgan fingerprint density at radius 2 is 1.52 bits per heavy atom. The van der Waals surface area contributed by atoms with Crippen molar-refractivity contribution < 1.29 is 27.2 Å². The van der Waals surface area contributed by atoms with E-state index in [1.807, 2.05) is 62.4 Å². The van der Waals surface area contributed by atoms with Crippen LogP contribution in [0.3, 0.4) is 0 Å². The first-order chi connectivity index (χ1) is 24.4. The molecule has 5 atom stereocenters. The third-order valence-electron chi connectivity index (χ3n) is 9.04. The minimum atomic E-state index is -3.75. The van der Waals surface area contributed by atoms with Gasteiger partial charge in [0.1, 0.15) is 5.82 Å². The van der Waals surface area contributed by atoms with Crippen LogP contribution in [0.4, 0.5) is 10.1 Å². The fraction of sp³-hybridized carbons (Fsp3) is 0.359. The van der Waals surface area contributed by atoms with Crippen LogP contribution >= 0.6 is 0 Å². The molecule has 3 aromatic rings. The van der Waals surface area contributed by atoms with Crippen molar-refractivity contribution in [3.8, 4) is 0 Å². The molecule has 11 nitrogen and oxygen atoms in total. The number of anilines is 1. The Hall–Kier alpha value is -4.85. The summed E-state index contributed by atoms with van der Waals surface area (Å²) >= 11 is 0. The van der Waals surface area contributed by atoms with Gasteiger partial charge in [0, 0.05) is 36.3 Å². The van der Waals surface area contributed by atoms with E-state index in [1.54, 1.807) is 26.0 Å². The van der Waals surface area contributed by atoms with E-state index < -0.39 is 51.3 Å². The molecule has 1 aliphatic rings. The summed E-state index contributed by atoms with van der Waals surface area (Å²) in [5, 5.41) is 12.1. The van der Waals surface area contributed by atoms with Crippen molar-refractivity contribution in [2.24, 2.45) is 5.73 Å². The molecule has 0 bridgehead atoms. The highest BCUT2D eigenvalue weighted by atomic mass is 32.2. The Labute approximate surface area is 306 Å². The Morgan fingerprint density at radius 3 is 2.10 bits per heavy atom. The maximum absolute atomic E-state index is 13.9. The van der Waals surface area contributed by atoms with Crippen molar-refractivity contribution in [2.75, 3.05) is 24.2 Å². The number of nitrogens with one attached hydrogen (secondary N) is 4. The highest BCUT2D eigenvalue weighted by molar-refractivity contribution is 7.92. The monoisotopic (exact) mass is 732 g/mol. The summed E-state index contributed by atoms with van der Waals surface area (Å²) in [7, 11) is -2.41. The number of hydrogen-bond donors (Lipinski definition) is 5. The molecule has 0 saturated heterocycles. The molecule has 1 aliphatic carbocycles. The fourth-order valence-corrected chi connectivity index (χ4v) is 6.11. The molecule has 0 saturated carbocycles. The van der Waals surface area contributed by atoms with Gasteiger partial charge in [-0.25, -0.2) is 12.8 Å². The van der Waals surface area contributed by atoms with Gasteiger partial charge in [0.2, 0.25) is 15.9 Å². The first-order valence-electron chi connectivity index (χ1n) is 17.1. The van der Waals surface area contributed by atoms with E-state index in [-0.39, 0.29) is 35.3 Å². The summed E-state index contributed by atoms with van der Waals surface area (Å²) in [5.41, 5.74) is 8.57. The number of halogens is 1. The van der Waals surface area contributed by atoms with Gasteiger partial charge in [-0.2, -0.15) is 0 Å². The average molecular weight is 733 g/mol. The lowest BCUT2D eigenvalue weighted by Crippen LogP contribution is -2.51. The molecule has 3 aromatic carbocycles. The van der Waals surface area contributed by atoms with E-state index in [1.165, 1.54) is 37.4 Å².